The summed E-state index contributed by atoms with van der Waals surface area (Å²) >= 11 is 0. The van der Waals surface area contributed by atoms with Crippen LogP contribution < -0.4 is 0 Å². The minimum atomic E-state index is -1.48. The highest BCUT2D eigenvalue weighted by Crippen LogP contribution is 2.57. The summed E-state index contributed by atoms with van der Waals surface area (Å²) in [5.74, 6) is 0. The molecule has 0 fully saturated rings. The van der Waals surface area contributed by atoms with Crippen LogP contribution in [0.4, 0.5) is 0 Å². The normalized spacial score (nSPS) is 12.5. The summed E-state index contributed by atoms with van der Waals surface area (Å²) in [6, 6.07) is 38.5. The third-order valence-electron chi connectivity index (χ3n) is 6.58. The molecule has 0 atom stereocenters. The van der Waals surface area contributed by atoms with E-state index >= 15 is 0 Å². The lowest BCUT2D eigenvalue weighted by molar-refractivity contribution is -0.152. The molecule has 0 saturated carbocycles. The zero-order chi connectivity index (χ0) is 22.0. The first-order valence-corrected chi connectivity index (χ1v) is 10.6. The van der Waals surface area contributed by atoms with Crippen molar-refractivity contribution in [2.24, 2.45) is 5.41 Å². The van der Waals surface area contributed by atoms with Crippen LogP contribution in [0.3, 0.4) is 0 Å². The van der Waals surface area contributed by atoms with Crippen LogP contribution in [-0.4, -0.2) is 10.2 Å². The van der Waals surface area contributed by atoms with Gasteiger partial charge in [0.2, 0.25) is 0 Å². The number of aliphatic hydroxyl groups is 2. The van der Waals surface area contributed by atoms with Gasteiger partial charge >= 0.3 is 0 Å². The maximum absolute atomic E-state index is 12.6. The topological polar surface area (TPSA) is 40.5 Å². The SMILES string of the molecule is CC(C)(C(O)(c1ccccc1)c1ccccc1)C(O)(c1ccccc1)c1ccccc1. The molecule has 0 saturated heterocycles. The zero-order valence-electron chi connectivity index (χ0n) is 17.9. The summed E-state index contributed by atoms with van der Waals surface area (Å²) in [4.78, 5) is 0. The molecule has 4 aromatic rings. The number of hydrogen-bond acceptors (Lipinski definition) is 2. The molecule has 0 heterocycles. The Balaban J connectivity index is 2.05. The van der Waals surface area contributed by atoms with Crippen molar-refractivity contribution in [1.29, 1.82) is 0 Å². The molecular formula is C29H28O2. The number of benzene rings is 4. The summed E-state index contributed by atoms with van der Waals surface area (Å²) in [6.07, 6.45) is 0. The van der Waals surface area contributed by atoms with Gasteiger partial charge in [-0.1, -0.05) is 135 Å². The van der Waals surface area contributed by atoms with E-state index in [1.54, 1.807) is 0 Å². The van der Waals surface area contributed by atoms with Crippen LogP contribution in [0.5, 0.6) is 0 Å². The Morgan fingerprint density at radius 1 is 0.387 bits per heavy atom. The van der Waals surface area contributed by atoms with E-state index in [0.29, 0.717) is 0 Å². The van der Waals surface area contributed by atoms with Gasteiger partial charge in [-0.05, 0) is 22.3 Å². The fourth-order valence-corrected chi connectivity index (χ4v) is 4.76. The lowest BCUT2D eigenvalue weighted by atomic mass is 9.55. The Kier molecular flexibility index (Phi) is 5.53. The van der Waals surface area contributed by atoms with Crippen LogP contribution in [-0.2, 0) is 11.2 Å². The third-order valence-corrected chi connectivity index (χ3v) is 6.58. The van der Waals surface area contributed by atoms with Crippen molar-refractivity contribution in [3.05, 3.63) is 144 Å². The maximum Gasteiger partial charge on any atom is 0.123 e. The van der Waals surface area contributed by atoms with E-state index in [9.17, 15) is 10.2 Å². The first-order valence-electron chi connectivity index (χ1n) is 10.6. The molecule has 2 nitrogen and oxygen atoms in total. The Morgan fingerprint density at radius 2 is 0.581 bits per heavy atom. The summed E-state index contributed by atoms with van der Waals surface area (Å²) in [5, 5.41) is 25.2. The zero-order valence-corrected chi connectivity index (χ0v) is 17.9. The van der Waals surface area contributed by atoms with E-state index in [2.05, 4.69) is 0 Å². The van der Waals surface area contributed by atoms with Crippen LogP contribution in [0.2, 0.25) is 0 Å². The lowest BCUT2D eigenvalue weighted by Crippen LogP contribution is -2.56. The van der Waals surface area contributed by atoms with E-state index in [4.69, 9.17) is 0 Å². The standard InChI is InChI=1S/C29H28O2/c1-27(2,28(30,23-15-7-3-8-16-23)24-17-9-4-10-18-24)29(31,25-19-11-5-12-20-25)26-21-13-6-14-22-26/h3-22,30-31H,1-2H3. The third kappa shape index (κ3) is 3.29. The quantitative estimate of drug-likeness (QED) is 0.418. The Labute approximate surface area is 184 Å². The average molecular weight is 409 g/mol. The molecule has 0 radical (unpaired) electrons. The van der Waals surface area contributed by atoms with Crippen molar-refractivity contribution >= 4 is 0 Å². The molecule has 0 unspecified atom stereocenters. The van der Waals surface area contributed by atoms with E-state index in [-0.39, 0.29) is 0 Å². The lowest BCUT2D eigenvalue weighted by Gasteiger charge is -2.53. The van der Waals surface area contributed by atoms with E-state index in [1.165, 1.54) is 0 Å². The van der Waals surface area contributed by atoms with Crippen LogP contribution in [0.1, 0.15) is 36.1 Å². The second kappa shape index (κ2) is 8.14. The first-order chi connectivity index (χ1) is 14.9. The predicted octanol–water partition coefficient (Wildman–Crippen LogP) is 5.88. The second-order valence-electron chi connectivity index (χ2n) is 8.51. The van der Waals surface area contributed by atoms with Gasteiger partial charge in [-0.2, -0.15) is 0 Å². The van der Waals surface area contributed by atoms with E-state index in [1.807, 2.05) is 135 Å². The van der Waals surface area contributed by atoms with Gasteiger partial charge in [0.15, 0.2) is 0 Å². The molecule has 4 rings (SSSR count). The van der Waals surface area contributed by atoms with Crippen molar-refractivity contribution < 1.29 is 10.2 Å². The van der Waals surface area contributed by atoms with Gasteiger partial charge in [0, 0.05) is 5.41 Å². The monoisotopic (exact) mass is 408 g/mol. The molecule has 2 N–H and O–H groups in total. The van der Waals surface area contributed by atoms with Gasteiger partial charge in [-0.25, -0.2) is 0 Å². The molecule has 0 amide bonds. The molecule has 2 heteroatoms. The van der Waals surface area contributed by atoms with Crippen molar-refractivity contribution in [2.45, 2.75) is 25.0 Å². The molecule has 156 valence electrons. The summed E-state index contributed by atoms with van der Waals surface area (Å²) in [5.41, 5.74) is -1.09. The second-order valence-corrected chi connectivity index (χ2v) is 8.51. The maximum atomic E-state index is 12.6. The largest absolute Gasteiger partial charge is 0.380 e. The molecule has 0 spiro atoms. The predicted molar refractivity (Wildman–Crippen MR) is 126 cm³/mol. The fourth-order valence-electron chi connectivity index (χ4n) is 4.76. The molecule has 0 aromatic heterocycles. The molecule has 31 heavy (non-hydrogen) atoms. The van der Waals surface area contributed by atoms with Crippen molar-refractivity contribution in [1.82, 2.24) is 0 Å². The minimum Gasteiger partial charge on any atom is -0.380 e. The summed E-state index contributed by atoms with van der Waals surface area (Å²) in [6.45, 7) is 3.88. The van der Waals surface area contributed by atoms with Gasteiger partial charge in [0.1, 0.15) is 11.2 Å². The first kappa shape index (κ1) is 21.0. The Hall–Kier alpha value is -3.20. The molecule has 0 aliphatic rings. The van der Waals surface area contributed by atoms with Crippen molar-refractivity contribution in [2.75, 3.05) is 0 Å². The van der Waals surface area contributed by atoms with Gasteiger partial charge in [0.05, 0.1) is 0 Å². The smallest absolute Gasteiger partial charge is 0.123 e. The van der Waals surface area contributed by atoms with Crippen molar-refractivity contribution in [3.8, 4) is 0 Å². The van der Waals surface area contributed by atoms with Gasteiger partial charge in [0.25, 0.3) is 0 Å². The highest BCUT2D eigenvalue weighted by Gasteiger charge is 2.59. The summed E-state index contributed by atoms with van der Waals surface area (Å²) < 4.78 is 0. The number of hydrogen-bond donors (Lipinski definition) is 2. The van der Waals surface area contributed by atoms with Crippen molar-refractivity contribution in [3.63, 3.8) is 0 Å². The number of rotatable bonds is 6. The van der Waals surface area contributed by atoms with E-state index in [0.717, 1.165) is 22.3 Å². The minimum absolute atomic E-state index is 0.733. The van der Waals surface area contributed by atoms with E-state index < -0.39 is 16.6 Å². The van der Waals surface area contributed by atoms with Gasteiger partial charge < -0.3 is 10.2 Å². The fraction of sp³-hybridized carbons (Fsp3) is 0.172. The Bertz CT molecular complexity index is 935. The van der Waals surface area contributed by atoms with Gasteiger partial charge in [-0.15, -0.1) is 0 Å². The van der Waals surface area contributed by atoms with Crippen LogP contribution in [0.25, 0.3) is 0 Å². The molecular weight excluding hydrogens is 380 g/mol. The molecule has 0 aliphatic carbocycles. The van der Waals surface area contributed by atoms with Crippen LogP contribution in [0.15, 0.2) is 121 Å². The van der Waals surface area contributed by atoms with Crippen LogP contribution >= 0.6 is 0 Å². The average Bonchev–Trinajstić information content (AvgIpc) is 2.85. The van der Waals surface area contributed by atoms with Gasteiger partial charge in [-0.3, -0.25) is 0 Å². The summed E-state index contributed by atoms with van der Waals surface area (Å²) in [7, 11) is 0. The van der Waals surface area contributed by atoms with Crippen LogP contribution in [0, 0.1) is 5.41 Å². The Morgan fingerprint density at radius 3 is 0.774 bits per heavy atom. The molecule has 0 aliphatic heterocycles. The highest BCUT2D eigenvalue weighted by molar-refractivity contribution is 5.46. The molecule has 0 bridgehead atoms. The highest BCUT2D eigenvalue weighted by atomic mass is 16.3. The molecule has 4 aromatic carbocycles.